The van der Waals surface area contributed by atoms with E-state index >= 15 is 24.0 Å². The van der Waals surface area contributed by atoms with Gasteiger partial charge in [-0.3, -0.25) is 57.6 Å². The third-order valence-electron chi connectivity index (χ3n) is 18.6. The van der Waals surface area contributed by atoms with Crippen LogP contribution in [0.2, 0.25) is 0 Å². The van der Waals surface area contributed by atoms with Crippen LogP contribution >= 0.6 is 0 Å². The van der Waals surface area contributed by atoms with Crippen LogP contribution < -0.4 is 21.3 Å². The number of likely N-dealkylation sites (N-methyl/N-ethyl adjacent to an activating group) is 7. The average molecular weight is 1300 g/mol. The van der Waals surface area contributed by atoms with Gasteiger partial charge in [-0.15, -0.1) is 0 Å². The fraction of sp³-hybridized carbons (Fsp3) is 0.836. The molecule has 11 amide bonds. The first kappa shape index (κ1) is 82.1. The fourth-order valence-electron chi connectivity index (χ4n) is 12.4. The summed E-state index contributed by atoms with van der Waals surface area (Å²) in [6.45, 7) is 32.4. The van der Waals surface area contributed by atoms with Crippen molar-refractivity contribution in [3.8, 4) is 0 Å². The lowest BCUT2D eigenvalue weighted by molar-refractivity contribution is -0.157. The molecule has 2 rings (SSSR count). The van der Waals surface area contributed by atoms with Crippen molar-refractivity contribution in [2.24, 2.45) is 41.4 Å². The summed E-state index contributed by atoms with van der Waals surface area (Å²) in [5.41, 5.74) is 0. The van der Waals surface area contributed by atoms with E-state index in [9.17, 15) is 33.9 Å². The van der Waals surface area contributed by atoms with Gasteiger partial charge in [0.25, 0.3) is 0 Å². The second-order valence-corrected chi connectivity index (χ2v) is 28.3. The van der Waals surface area contributed by atoms with Crippen molar-refractivity contribution in [1.82, 2.24) is 60.5 Å². The molecule has 1 unspecified atom stereocenters. The van der Waals surface area contributed by atoms with Gasteiger partial charge in [-0.1, -0.05) is 110 Å². The van der Waals surface area contributed by atoms with Crippen molar-refractivity contribution in [2.75, 3.05) is 82.2 Å². The molecule has 528 valence electrons. The number of carbonyl (C=O) groups excluding carboxylic acids is 11. The zero-order valence-corrected chi connectivity index (χ0v) is 60.6. The van der Waals surface area contributed by atoms with Crippen LogP contribution in [0.1, 0.15) is 169 Å². The first-order chi connectivity index (χ1) is 42.7. The first-order valence-electron chi connectivity index (χ1n) is 33.8. The summed E-state index contributed by atoms with van der Waals surface area (Å²) < 4.78 is 5.61. The van der Waals surface area contributed by atoms with Crippen LogP contribution in [0.25, 0.3) is 0 Å². The summed E-state index contributed by atoms with van der Waals surface area (Å²) >= 11 is 0. The maximum atomic E-state index is 15.3. The number of nitrogens with one attached hydrogen (secondary N) is 4. The van der Waals surface area contributed by atoms with Gasteiger partial charge in [0.1, 0.15) is 66.5 Å². The number of hydrogen-bond donors (Lipinski definition) is 5. The van der Waals surface area contributed by atoms with Crippen LogP contribution in [-0.2, 0) is 57.5 Å². The zero-order chi connectivity index (χ0) is 70.7. The molecule has 0 spiro atoms. The Morgan fingerprint density at radius 3 is 1.43 bits per heavy atom. The fourth-order valence-corrected chi connectivity index (χ4v) is 12.4. The van der Waals surface area contributed by atoms with Gasteiger partial charge in [-0.2, -0.15) is 0 Å². The van der Waals surface area contributed by atoms with Crippen LogP contribution in [-0.4, -0.2) is 264 Å². The first-order valence-corrected chi connectivity index (χ1v) is 33.8. The van der Waals surface area contributed by atoms with E-state index in [1.54, 1.807) is 41.5 Å². The van der Waals surface area contributed by atoms with E-state index in [1.165, 1.54) is 99.5 Å². The minimum Gasteiger partial charge on any atom is -0.390 e. The molecule has 0 aromatic carbocycles. The van der Waals surface area contributed by atoms with Crippen LogP contribution in [0, 0.1) is 41.4 Å². The number of unbranched alkanes of at least 4 members (excludes halogenated alkanes) is 1. The molecule has 92 heavy (non-hydrogen) atoms. The molecule has 14 atom stereocenters. The smallest absolute Gasteiger partial charge is 0.246 e. The number of aliphatic hydroxyl groups excluding tert-OH is 1. The summed E-state index contributed by atoms with van der Waals surface area (Å²) in [4.78, 5) is 174. The Labute approximate surface area is 551 Å². The van der Waals surface area contributed by atoms with E-state index in [1.807, 2.05) is 55.4 Å². The number of ether oxygens (including phenoxy) is 1. The van der Waals surface area contributed by atoms with Gasteiger partial charge in [0.15, 0.2) is 0 Å². The number of nitrogens with zero attached hydrogens (tertiary/aromatic N) is 8. The van der Waals surface area contributed by atoms with E-state index < -0.39 is 161 Å². The Morgan fingerprint density at radius 2 is 0.946 bits per heavy atom. The second kappa shape index (κ2) is 37.8. The minimum absolute atomic E-state index is 0.0164. The molecule has 25 heteroatoms. The van der Waals surface area contributed by atoms with Gasteiger partial charge in [0.05, 0.1) is 19.3 Å². The number of rotatable bonds is 18. The number of carbonyl (C=O) groups is 11. The number of amides is 11. The molecule has 25 nitrogen and oxygen atoms in total. The second-order valence-electron chi connectivity index (χ2n) is 28.3. The zero-order valence-electron chi connectivity index (χ0n) is 60.6. The largest absolute Gasteiger partial charge is 0.390 e. The lowest BCUT2D eigenvalue weighted by Crippen LogP contribution is -2.64. The van der Waals surface area contributed by atoms with Gasteiger partial charge in [0, 0.05) is 69.0 Å². The molecular formula is C67H122N12O13. The quantitative estimate of drug-likeness (QED) is 0.132. The number of morpholine rings is 1. The van der Waals surface area contributed by atoms with E-state index in [0.717, 1.165) is 11.3 Å². The predicted molar refractivity (Wildman–Crippen MR) is 355 cm³/mol. The van der Waals surface area contributed by atoms with Crippen molar-refractivity contribution in [2.45, 2.75) is 242 Å². The Bertz CT molecular complexity index is 2470. The molecular weight excluding hydrogens is 1180 g/mol. The standard InChI is InChI=1S/C67H122N12O13/c1-25-27-28-43(13)56(80)55-60(84)70-48(26-2)63(87)72(18)47(17)62(86)77(23)54(44(14)37-79-31-33-92-34-32-79)59(83)71-52(41(9)10)66(90)73(19)49(30-29-38(3)4)58(82)68-45(15)57(81)69-46(16)61(85)74(20)50(35-39(5)6)64(88)75(21)51(36-40(7)8)65(89)76(22)53(42(11)12)67(91)78(55)24/h38-56,80H,25-37H2,1-24H3,(H,68,82)(H,69,81)(H,70,84)(H,71,83)/t43-,44+,45+,46-,47-,48+,49+,50+,51?,52+,53+,54+,55+,56-/m1/s1. The molecule has 0 aromatic rings. The van der Waals surface area contributed by atoms with Crippen molar-refractivity contribution in [3.63, 3.8) is 0 Å². The Balaban J connectivity index is 3.05. The molecule has 0 aromatic heterocycles. The highest BCUT2D eigenvalue weighted by atomic mass is 16.5. The molecule has 2 saturated heterocycles. The highest BCUT2D eigenvalue weighted by Gasteiger charge is 2.46. The van der Waals surface area contributed by atoms with Gasteiger partial charge in [0.2, 0.25) is 65.0 Å². The van der Waals surface area contributed by atoms with Crippen LogP contribution in [0.4, 0.5) is 0 Å². The highest BCUT2D eigenvalue weighted by molar-refractivity contribution is 6.00. The Morgan fingerprint density at radius 1 is 0.467 bits per heavy atom. The molecule has 2 heterocycles. The van der Waals surface area contributed by atoms with Crippen LogP contribution in [0.3, 0.4) is 0 Å². The van der Waals surface area contributed by atoms with Crippen molar-refractivity contribution in [3.05, 3.63) is 0 Å². The molecule has 5 N–H and O–H groups in total. The Kier molecular flexibility index (Phi) is 33.8. The summed E-state index contributed by atoms with van der Waals surface area (Å²) in [6, 6.07) is -13.7. The van der Waals surface area contributed by atoms with Crippen molar-refractivity contribution in [1.29, 1.82) is 0 Å². The minimum atomic E-state index is -1.60. The van der Waals surface area contributed by atoms with E-state index in [-0.39, 0.29) is 43.4 Å². The molecule has 2 fully saturated rings. The molecule has 0 radical (unpaired) electrons. The third kappa shape index (κ3) is 22.4. The summed E-state index contributed by atoms with van der Waals surface area (Å²) in [5, 5.41) is 23.5. The predicted octanol–water partition coefficient (Wildman–Crippen LogP) is 3.19. The topological polar surface area (TPSA) is 291 Å². The molecule has 0 bridgehead atoms. The Hall–Kier alpha value is -5.95. The molecule has 0 saturated carbocycles. The van der Waals surface area contributed by atoms with Gasteiger partial charge >= 0.3 is 0 Å². The monoisotopic (exact) mass is 1300 g/mol. The average Bonchev–Trinajstić information content (AvgIpc) is 0.970. The molecule has 0 aliphatic carbocycles. The maximum Gasteiger partial charge on any atom is 0.246 e. The van der Waals surface area contributed by atoms with Crippen LogP contribution in [0.15, 0.2) is 0 Å². The number of aliphatic hydroxyl groups is 1. The van der Waals surface area contributed by atoms with E-state index in [2.05, 4.69) is 26.2 Å². The van der Waals surface area contributed by atoms with Crippen molar-refractivity contribution < 1.29 is 62.6 Å². The highest BCUT2D eigenvalue weighted by Crippen LogP contribution is 2.27. The molecule has 2 aliphatic heterocycles. The summed E-state index contributed by atoms with van der Waals surface area (Å²) in [7, 11) is 10.1. The molecule has 2 aliphatic rings. The lowest BCUT2D eigenvalue weighted by atomic mass is 9.90. The summed E-state index contributed by atoms with van der Waals surface area (Å²) in [5.74, 6) is -9.82. The van der Waals surface area contributed by atoms with Gasteiger partial charge in [-0.05, 0) is 101 Å². The van der Waals surface area contributed by atoms with Crippen LogP contribution in [0.5, 0.6) is 0 Å². The number of hydrogen-bond acceptors (Lipinski definition) is 14. The van der Waals surface area contributed by atoms with Crippen molar-refractivity contribution >= 4 is 65.0 Å². The van der Waals surface area contributed by atoms with Gasteiger partial charge < -0.3 is 65.4 Å². The SMILES string of the molecule is CCCC[C@@H](C)[C@@H](O)[C@H]1C(=O)N[C@@H](CC)C(=O)N(C)[C@H](C)C(=O)N(C)[C@@H]([C@@H](C)CN2CCOCC2)C(=O)N[C@@H](C(C)C)C(=O)N(C)[C@@H](CCC(C)C)C(=O)N[C@@H](C)C(=O)N[C@H](C)C(=O)N(C)[C@@H](CC(C)C)C(=O)N(C)C(CC(C)C)C(=O)N(C)[C@@H](C(C)C)C(=O)N1C. The van der Waals surface area contributed by atoms with E-state index in [0.29, 0.717) is 52.1 Å². The van der Waals surface area contributed by atoms with Gasteiger partial charge in [-0.25, -0.2) is 0 Å². The third-order valence-corrected chi connectivity index (χ3v) is 18.6. The summed E-state index contributed by atoms with van der Waals surface area (Å²) in [6.07, 6.45) is 1.48. The normalized spacial score (nSPS) is 28.0. The van der Waals surface area contributed by atoms with E-state index in [4.69, 9.17) is 4.74 Å². The maximum absolute atomic E-state index is 15.3. The lowest BCUT2D eigenvalue weighted by Gasteiger charge is -2.41.